The Kier molecular flexibility index (Phi) is 81.6. The number of unbranched alkanes of at least 4 members (excludes halogenated alkanes) is 54. The normalized spacial score (nSPS) is 12.4. The average Bonchev–Trinajstić information content (AvgIpc) is 0.760. The van der Waals surface area contributed by atoms with Crippen LogP contribution in [0.2, 0.25) is 0 Å². The van der Waals surface area contributed by atoms with Gasteiger partial charge in [0.05, 0.1) is 69.0 Å². The third kappa shape index (κ3) is 58.1. The van der Waals surface area contributed by atoms with Gasteiger partial charge in [-0.15, -0.1) is 0 Å². The van der Waals surface area contributed by atoms with Crippen molar-refractivity contribution in [1.29, 1.82) is 0 Å². The first kappa shape index (κ1) is 148. The summed E-state index contributed by atoms with van der Waals surface area (Å²) in [6, 6.07) is 12.9. The Morgan fingerprint density at radius 2 is 0.233 bits per heavy atom. The molecule has 0 fully saturated rings. The van der Waals surface area contributed by atoms with Crippen LogP contribution >= 0.6 is 0 Å². The molecule has 36 heteroatoms. The van der Waals surface area contributed by atoms with Gasteiger partial charge in [-0.2, -0.15) is 0 Å². The molecule has 0 radical (unpaired) electrons. The molecule has 7 rings (SSSR count). The van der Waals surface area contributed by atoms with Crippen LogP contribution in [-0.2, 0) is 99.2 Å². The molecule has 0 heterocycles. The van der Waals surface area contributed by atoms with E-state index in [1.54, 1.807) is 0 Å². The quantitative estimate of drug-likeness (QED) is 0.0194. The molecule has 1 aliphatic carbocycles. The van der Waals surface area contributed by atoms with E-state index in [0.717, 1.165) is 381 Å². The molecule has 0 N–H and O–H groups in total. The number of ether oxygens (including phenoxy) is 6. The molecule has 0 amide bonds. The number of rotatable bonds is 78. The first-order valence-electron chi connectivity index (χ1n) is 55.6. The zero-order valence-corrected chi connectivity index (χ0v) is 111. The Bertz CT molecular complexity index is 4500. The zero-order chi connectivity index (χ0) is 104. The number of benzene rings is 6. The van der Waals surface area contributed by atoms with Gasteiger partial charge in [0.1, 0.15) is 95.2 Å². The SMILES string of the molecule is CCCCCCCCCCCCOc1c2cc(S(=O)(=O)[O-])cc1Cc1cc(S(=O)(=O)[O-])cc(c1OCCCCCCCCCCCC)Cc1cc(S(=O)(=O)[O-])cc(c1OCCCCCCCCCCCC)Cc1cc(S(=O)(=O)[O-])cc(c1OCCCCCCCCCCCC)Cc1cc(S(=O)(=O)[O-])cc(c1OCCCCCCCCCCCC)Cc1cc(S(=O)(=O)[O-])cc(c1OCCCCCCCCCCCC)C2.[Na+].[Na+].[Na+].[Na+].[Na+].[Na+]. The van der Waals surface area contributed by atoms with Crippen LogP contribution in [-0.4, -0.2) is 117 Å². The van der Waals surface area contributed by atoms with E-state index in [4.69, 9.17) is 28.4 Å². The van der Waals surface area contributed by atoms with E-state index >= 15 is 0 Å². The molecule has 0 saturated heterocycles. The summed E-state index contributed by atoms with van der Waals surface area (Å²) >= 11 is 0. The van der Waals surface area contributed by atoms with Gasteiger partial charge < -0.3 is 55.7 Å². The molecule has 816 valence electrons. The summed E-state index contributed by atoms with van der Waals surface area (Å²) in [5.41, 5.74) is -0.980. The summed E-state index contributed by atoms with van der Waals surface area (Å²) in [5, 5.41) is 0. The number of hydrogen-bond donors (Lipinski definition) is 0. The van der Waals surface area contributed by atoms with E-state index in [2.05, 4.69) is 41.5 Å². The average molecular weight is 2260 g/mol. The van der Waals surface area contributed by atoms with E-state index in [1.807, 2.05) is 0 Å². The second-order valence-electron chi connectivity index (χ2n) is 40.4. The monoisotopic (exact) mass is 2260 g/mol. The number of hydrogen-bond acceptors (Lipinski definition) is 24. The van der Waals surface area contributed by atoms with Gasteiger partial charge in [-0.05, 0) is 111 Å². The van der Waals surface area contributed by atoms with Crippen LogP contribution in [0.3, 0.4) is 0 Å². The summed E-state index contributed by atoms with van der Waals surface area (Å²) in [7, 11) is -33.4. The minimum atomic E-state index is -5.57. The Morgan fingerprint density at radius 3 is 0.313 bits per heavy atom. The van der Waals surface area contributed by atoms with Crippen LogP contribution in [0.1, 0.15) is 494 Å². The van der Waals surface area contributed by atoms with Crippen LogP contribution in [0.15, 0.2) is 102 Å². The first-order chi connectivity index (χ1) is 69.1. The third-order valence-electron chi connectivity index (χ3n) is 27.8. The van der Waals surface area contributed by atoms with Crippen LogP contribution in [0.5, 0.6) is 34.5 Å². The summed E-state index contributed by atoms with van der Waals surface area (Å²) < 4.78 is 298. The molecule has 12 bridgehead atoms. The van der Waals surface area contributed by atoms with Crippen molar-refractivity contribution in [3.8, 4) is 34.5 Å². The molecule has 0 aliphatic heterocycles. The molecule has 6 aromatic rings. The van der Waals surface area contributed by atoms with Crippen molar-refractivity contribution < 1.29 is 284 Å². The van der Waals surface area contributed by atoms with Gasteiger partial charge >= 0.3 is 177 Å². The van der Waals surface area contributed by atoms with Crippen molar-refractivity contribution in [2.45, 2.75) is 495 Å². The van der Waals surface area contributed by atoms with Gasteiger partial charge in [-0.25, -0.2) is 50.5 Å². The largest absolute Gasteiger partial charge is 1.00 e. The summed E-state index contributed by atoms with van der Waals surface area (Å²) in [4.78, 5) is -5.01. The zero-order valence-electron chi connectivity index (χ0n) is 94.1. The third-order valence-corrected chi connectivity index (χ3v) is 32.7. The van der Waals surface area contributed by atoms with E-state index in [9.17, 15) is 77.8 Å². The van der Waals surface area contributed by atoms with Crippen molar-refractivity contribution in [3.63, 3.8) is 0 Å². The van der Waals surface area contributed by atoms with Crippen molar-refractivity contribution >= 4 is 60.7 Å². The van der Waals surface area contributed by atoms with Gasteiger partial charge in [-0.3, -0.25) is 0 Å². The predicted octanol–water partition coefficient (Wildman–Crippen LogP) is 10.8. The smallest absolute Gasteiger partial charge is 0.744 e. The van der Waals surface area contributed by atoms with Gasteiger partial charge in [0.25, 0.3) is 0 Å². The molecule has 0 saturated carbocycles. The van der Waals surface area contributed by atoms with E-state index in [-0.39, 0.29) is 318 Å². The van der Waals surface area contributed by atoms with Crippen LogP contribution < -0.4 is 206 Å². The molecule has 24 nitrogen and oxygen atoms in total. The Morgan fingerprint density at radius 1 is 0.153 bits per heavy atom. The van der Waals surface area contributed by atoms with Crippen LogP contribution in [0.4, 0.5) is 0 Å². The fourth-order valence-electron chi connectivity index (χ4n) is 19.7. The summed E-state index contributed by atoms with van der Waals surface area (Å²) in [6.07, 6.45) is 52.5. The maximum atomic E-state index is 14.2. The molecule has 0 spiro atoms. The molecule has 0 atom stereocenters. The summed E-state index contributed by atoms with van der Waals surface area (Å²) in [5.74, 6) is -0.460. The molecule has 6 aromatic carbocycles. The van der Waals surface area contributed by atoms with Crippen molar-refractivity contribution in [1.82, 2.24) is 0 Å². The molecular formula is C114H174Na6O24S6. The molecule has 150 heavy (non-hydrogen) atoms. The van der Waals surface area contributed by atoms with Crippen LogP contribution in [0, 0.1) is 0 Å². The molecule has 0 aromatic heterocycles. The van der Waals surface area contributed by atoms with Crippen molar-refractivity contribution in [2.75, 3.05) is 39.6 Å². The Hall–Kier alpha value is -0.420. The second-order valence-corrected chi connectivity index (χ2v) is 48.7. The Balaban J connectivity index is 0.0000187. The van der Waals surface area contributed by atoms with Gasteiger partial charge in [0.2, 0.25) is 0 Å². The van der Waals surface area contributed by atoms with Crippen molar-refractivity contribution in [3.05, 3.63) is 140 Å². The molecular weight excluding hydrogens is 2080 g/mol. The Labute approximate surface area is 1040 Å². The van der Waals surface area contributed by atoms with Gasteiger partial charge in [0.15, 0.2) is 0 Å². The first-order valence-corrected chi connectivity index (χ1v) is 64.0. The van der Waals surface area contributed by atoms with Crippen molar-refractivity contribution in [2.24, 2.45) is 0 Å². The van der Waals surface area contributed by atoms with E-state index in [0.29, 0.717) is 77.0 Å². The number of fused-ring (bicyclic) bond motifs is 12. The fraction of sp³-hybridized carbons (Fsp3) is 0.684. The van der Waals surface area contributed by atoms with E-state index in [1.165, 1.54) is 0 Å². The van der Waals surface area contributed by atoms with Crippen LogP contribution in [0.25, 0.3) is 0 Å². The summed E-state index contributed by atoms with van der Waals surface area (Å²) in [6.45, 7) is 12.7. The standard InChI is InChI=1S/C114H180O24S6.6Na/c1-7-13-19-25-31-37-43-49-55-61-67-133-109-91-73-93-81-104(140(118,119)120)83-95(110(93)134-68-62-56-50-44-38-32-26-20-14-8-2)75-97-85-106(142(124,125)126)87-99(112(97)136-70-64-58-52-46-40-34-28-22-16-10-4)77-101-89-108(144(130,131)132)90-102(114(101)138-72-66-60-54-48-42-36-30-24-18-12-6)78-100-88-107(143(127,128)129)86-98(113(100)137-71-65-59-53-47-41-35-29-23-17-11-5)76-96-84-105(141(121,122)123)82-94(74-92(109)80-103(79-91)139(115,116)117)111(96)135-69-63-57-51-45-39-33-27-21-15-9-3;;;;;;/h79-90H,7-78H2,1-6H3,(H,115,116,117)(H,118,119,120)(H,121,122,123)(H,124,125,126)(H,127,128,129)(H,130,131,132);;;;;;/q;6*+1/p-6. The second kappa shape index (κ2) is 82.9. The molecule has 1 aliphatic rings. The minimum Gasteiger partial charge on any atom is -0.744 e. The minimum absolute atomic E-state index is 0. The van der Waals surface area contributed by atoms with Gasteiger partial charge in [0, 0.05) is 105 Å². The predicted molar refractivity (Wildman–Crippen MR) is 567 cm³/mol. The molecule has 0 unspecified atom stereocenters. The van der Waals surface area contributed by atoms with E-state index < -0.39 is 129 Å². The van der Waals surface area contributed by atoms with Gasteiger partial charge in [-0.1, -0.05) is 388 Å². The fourth-order valence-corrected chi connectivity index (χ4v) is 23.1. The maximum absolute atomic E-state index is 14.2. The maximum Gasteiger partial charge on any atom is 1.00 e. The topological polar surface area (TPSA) is 399 Å².